The highest BCUT2D eigenvalue weighted by Gasteiger charge is 2.36. The first-order valence-corrected chi connectivity index (χ1v) is 6.27. The maximum atomic E-state index is 12.3. The van der Waals surface area contributed by atoms with E-state index in [1.807, 2.05) is 0 Å². The van der Waals surface area contributed by atoms with Gasteiger partial charge in [0.15, 0.2) is 0 Å². The number of rotatable bonds is 1. The second-order valence-electron chi connectivity index (χ2n) is 5.86. The van der Waals surface area contributed by atoms with Gasteiger partial charge in [0.2, 0.25) is 0 Å². The highest BCUT2D eigenvalue weighted by molar-refractivity contribution is 5.68. The first-order chi connectivity index (χ1) is 8.48. The second kappa shape index (κ2) is 5.56. The maximum Gasteiger partial charge on any atom is 0.410 e. The zero-order chi connectivity index (χ0) is 14.8. The number of hydrogen-bond acceptors (Lipinski definition) is 3. The van der Waals surface area contributed by atoms with Gasteiger partial charge in [-0.2, -0.15) is 13.2 Å². The summed E-state index contributed by atoms with van der Waals surface area (Å²) >= 11 is 0. The summed E-state index contributed by atoms with van der Waals surface area (Å²) in [5.74, 6) is 0. The van der Waals surface area contributed by atoms with Gasteiger partial charge in [0.1, 0.15) is 5.60 Å². The molecule has 0 aliphatic carbocycles. The van der Waals surface area contributed by atoms with Gasteiger partial charge in [-0.15, -0.1) is 0 Å². The molecule has 0 saturated carbocycles. The minimum absolute atomic E-state index is 0.208. The fourth-order valence-corrected chi connectivity index (χ4v) is 1.95. The number of amides is 1. The molecule has 0 radical (unpaired) electrons. The van der Waals surface area contributed by atoms with E-state index in [0.29, 0.717) is 0 Å². The van der Waals surface area contributed by atoms with E-state index >= 15 is 0 Å². The van der Waals surface area contributed by atoms with Gasteiger partial charge in [-0.3, -0.25) is 4.90 Å². The van der Waals surface area contributed by atoms with E-state index in [2.05, 4.69) is 0 Å². The minimum Gasteiger partial charge on any atom is -0.444 e. The Morgan fingerprint density at radius 1 is 1.26 bits per heavy atom. The zero-order valence-electron chi connectivity index (χ0n) is 11.8. The number of nitrogens with zero attached hydrogens (tertiary/aromatic N) is 2. The van der Waals surface area contributed by atoms with E-state index in [4.69, 9.17) is 4.74 Å². The Morgan fingerprint density at radius 2 is 1.84 bits per heavy atom. The molecule has 1 atom stereocenters. The molecule has 0 aromatic carbocycles. The average molecular weight is 282 g/mol. The Labute approximate surface area is 111 Å². The smallest absolute Gasteiger partial charge is 0.410 e. The minimum atomic E-state index is -4.21. The molecule has 0 aromatic rings. The fourth-order valence-electron chi connectivity index (χ4n) is 1.95. The molecule has 0 spiro atoms. The summed E-state index contributed by atoms with van der Waals surface area (Å²) in [5.41, 5.74) is -0.594. The Balaban J connectivity index is 2.52. The van der Waals surface area contributed by atoms with Gasteiger partial charge < -0.3 is 9.64 Å². The lowest BCUT2D eigenvalue weighted by atomic mass is 10.2. The second-order valence-corrected chi connectivity index (χ2v) is 5.86. The van der Waals surface area contributed by atoms with Crippen LogP contribution in [0, 0.1) is 0 Å². The lowest BCUT2D eigenvalue weighted by Crippen LogP contribution is -2.56. The number of hydrogen-bond donors (Lipinski definition) is 0. The lowest BCUT2D eigenvalue weighted by Gasteiger charge is -2.40. The van der Waals surface area contributed by atoms with Crippen LogP contribution in [0.25, 0.3) is 0 Å². The molecule has 7 heteroatoms. The van der Waals surface area contributed by atoms with Crippen molar-refractivity contribution in [2.45, 2.75) is 45.5 Å². The van der Waals surface area contributed by atoms with Gasteiger partial charge in [0.25, 0.3) is 0 Å². The van der Waals surface area contributed by atoms with Crippen molar-refractivity contribution < 1.29 is 22.7 Å². The number of carbonyl (C=O) groups excluding carboxylic acids is 1. The third-order valence-corrected chi connectivity index (χ3v) is 2.80. The van der Waals surface area contributed by atoms with Gasteiger partial charge in [-0.1, -0.05) is 0 Å². The largest absolute Gasteiger partial charge is 0.444 e. The Hall–Kier alpha value is -0.980. The topological polar surface area (TPSA) is 32.8 Å². The maximum absolute atomic E-state index is 12.3. The molecule has 19 heavy (non-hydrogen) atoms. The molecule has 0 bridgehead atoms. The average Bonchev–Trinajstić information content (AvgIpc) is 2.16. The zero-order valence-corrected chi connectivity index (χ0v) is 11.8. The third-order valence-electron chi connectivity index (χ3n) is 2.80. The van der Waals surface area contributed by atoms with Gasteiger partial charge in [-0.05, 0) is 27.7 Å². The van der Waals surface area contributed by atoms with E-state index < -0.39 is 24.4 Å². The van der Waals surface area contributed by atoms with Crippen molar-refractivity contribution >= 4 is 6.09 Å². The van der Waals surface area contributed by atoms with Crippen molar-refractivity contribution in [3.05, 3.63) is 0 Å². The Kier molecular flexibility index (Phi) is 4.71. The summed E-state index contributed by atoms with van der Waals surface area (Å²) in [6.07, 6.45) is -4.67. The molecular weight excluding hydrogens is 261 g/mol. The standard InChI is InChI=1S/C12H21F3N2O2/c1-9-7-16(10(18)19-11(2,3)4)5-6-17(9)8-12(13,14)15/h9H,5-8H2,1-4H3/t9-/m0/s1. The van der Waals surface area contributed by atoms with Gasteiger partial charge in [0, 0.05) is 25.7 Å². The van der Waals surface area contributed by atoms with Crippen LogP contribution in [0.1, 0.15) is 27.7 Å². The van der Waals surface area contributed by atoms with Crippen LogP contribution in [0.5, 0.6) is 0 Å². The monoisotopic (exact) mass is 282 g/mol. The molecule has 1 fully saturated rings. The summed E-state index contributed by atoms with van der Waals surface area (Å²) in [4.78, 5) is 14.6. The van der Waals surface area contributed by atoms with Crippen molar-refractivity contribution in [1.82, 2.24) is 9.80 Å². The van der Waals surface area contributed by atoms with Gasteiger partial charge in [0.05, 0.1) is 6.54 Å². The van der Waals surface area contributed by atoms with E-state index in [-0.39, 0.29) is 25.7 Å². The number of carbonyl (C=O) groups is 1. The molecule has 1 saturated heterocycles. The number of alkyl halides is 3. The molecule has 0 N–H and O–H groups in total. The number of ether oxygens (including phenoxy) is 1. The van der Waals surface area contributed by atoms with Gasteiger partial charge >= 0.3 is 12.3 Å². The molecule has 0 aromatic heterocycles. The van der Waals surface area contributed by atoms with Crippen molar-refractivity contribution in [1.29, 1.82) is 0 Å². The highest BCUT2D eigenvalue weighted by Crippen LogP contribution is 2.21. The van der Waals surface area contributed by atoms with Crippen LogP contribution in [0.3, 0.4) is 0 Å². The predicted octanol–water partition coefficient (Wildman–Crippen LogP) is 2.49. The van der Waals surface area contributed by atoms with Gasteiger partial charge in [-0.25, -0.2) is 4.79 Å². The Morgan fingerprint density at radius 3 is 2.26 bits per heavy atom. The summed E-state index contributed by atoms with van der Waals surface area (Å²) < 4.78 is 42.2. The molecule has 112 valence electrons. The molecule has 1 heterocycles. The van der Waals surface area contributed by atoms with E-state index in [9.17, 15) is 18.0 Å². The van der Waals surface area contributed by atoms with Crippen molar-refractivity contribution in [2.24, 2.45) is 0 Å². The molecule has 1 rings (SSSR count). The van der Waals surface area contributed by atoms with Crippen LogP contribution in [0.15, 0.2) is 0 Å². The summed E-state index contributed by atoms with van der Waals surface area (Å²) in [7, 11) is 0. The fraction of sp³-hybridized carbons (Fsp3) is 0.917. The molecule has 1 amide bonds. The predicted molar refractivity (Wildman–Crippen MR) is 64.9 cm³/mol. The van der Waals surface area contributed by atoms with Crippen molar-refractivity contribution in [3.8, 4) is 0 Å². The Bertz CT molecular complexity index is 326. The summed E-state index contributed by atoms with van der Waals surface area (Å²) in [5, 5.41) is 0. The van der Waals surface area contributed by atoms with Crippen LogP contribution in [-0.2, 0) is 4.74 Å². The first-order valence-electron chi connectivity index (χ1n) is 6.27. The normalized spacial score (nSPS) is 22.5. The first kappa shape index (κ1) is 16.1. The van der Waals surface area contributed by atoms with Crippen LogP contribution in [0.4, 0.5) is 18.0 Å². The van der Waals surface area contributed by atoms with Crippen LogP contribution < -0.4 is 0 Å². The van der Waals surface area contributed by atoms with Crippen LogP contribution in [-0.4, -0.2) is 59.9 Å². The molecule has 1 aliphatic heterocycles. The van der Waals surface area contributed by atoms with E-state index in [1.54, 1.807) is 27.7 Å². The van der Waals surface area contributed by atoms with E-state index in [0.717, 1.165) is 0 Å². The SMILES string of the molecule is C[C@H]1CN(C(=O)OC(C)(C)C)CCN1CC(F)(F)F. The van der Waals surface area contributed by atoms with Crippen LogP contribution >= 0.6 is 0 Å². The number of halogens is 3. The highest BCUT2D eigenvalue weighted by atomic mass is 19.4. The molecular formula is C12H21F3N2O2. The third kappa shape index (κ3) is 5.67. The quantitative estimate of drug-likeness (QED) is 0.741. The van der Waals surface area contributed by atoms with Crippen LogP contribution in [0.2, 0.25) is 0 Å². The lowest BCUT2D eigenvalue weighted by molar-refractivity contribution is -0.154. The van der Waals surface area contributed by atoms with Crippen molar-refractivity contribution in [3.63, 3.8) is 0 Å². The molecule has 4 nitrogen and oxygen atoms in total. The number of piperazine rings is 1. The molecule has 1 aliphatic rings. The van der Waals surface area contributed by atoms with Crippen molar-refractivity contribution in [2.75, 3.05) is 26.2 Å². The molecule has 0 unspecified atom stereocenters. The summed E-state index contributed by atoms with van der Waals surface area (Å²) in [6.45, 7) is 6.75. The van der Waals surface area contributed by atoms with E-state index in [1.165, 1.54) is 9.80 Å². The summed E-state index contributed by atoms with van der Waals surface area (Å²) in [6, 6.07) is -0.331.